The summed E-state index contributed by atoms with van der Waals surface area (Å²) < 4.78 is 41.8. The molecule has 0 aliphatic rings. The van der Waals surface area contributed by atoms with E-state index in [4.69, 9.17) is 5.73 Å². The Bertz CT molecular complexity index is 585. The highest BCUT2D eigenvalue weighted by molar-refractivity contribution is 5.88. The Morgan fingerprint density at radius 3 is 2.22 bits per heavy atom. The maximum absolute atomic E-state index is 12.5. The molecule has 0 saturated heterocycles. The maximum atomic E-state index is 12.5. The van der Waals surface area contributed by atoms with Crippen LogP contribution in [0.5, 0.6) is 0 Å². The summed E-state index contributed by atoms with van der Waals surface area (Å²) >= 11 is 0. The molecular formula is C14H15F3N2O4. The van der Waals surface area contributed by atoms with Crippen LogP contribution >= 0.6 is 0 Å². The average molecular weight is 332 g/mol. The lowest BCUT2D eigenvalue weighted by molar-refractivity contribution is -0.146. The molecule has 6 nitrogen and oxygen atoms in total. The fourth-order valence-electron chi connectivity index (χ4n) is 1.69. The molecule has 0 radical (unpaired) electrons. The van der Waals surface area contributed by atoms with Crippen molar-refractivity contribution in [2.24, 2.45) is 5.73 Å². The zero-order chi connectivity index (χ0) is 17.6. The number of halogens is 3. The summed E-state index contributed by atoms with van der Waals surface area (Å²) in [7, 11) is 0. The predicted molar refractivity (Wildman–Crippen MR) is 72.9 cm³/mol. The van der Waals surface area contributed by atoms with Gasteiger partial charge < -0.3 is 15.8 Å². The van der Waals surface area contributed by atoms with Crippen LogP contribution in [0, 0.1) is 0 Å². The molecule has 0 saturated carbocycles. The van der Waals surface area contributed by atoms with Gasteiger partial charge in [0.1, 0.15) is 6.04 Å². The van der Waals surface area contributed by atoms with Crippen LogP contribution in [0.1, 0.15) is 18.1 Å². The second-order valence-electron chi connectivity index (χ2n) is 4.70. The first-order valence-corrected chi connectivity index (χ1v) is 6.47. The lowest BCUT2D eigenvalue weighted by atomic mass is 10.0. The summed E-state index contributed by atoms with van der Waals surface area (Å²) in [5, 5.41) is 2.25. The Labute approximate surface area is 129 Å². The van der Waals surface area contributed by atoms with Crippen LogP contribution in [0.2, 0.25) is 0 Å². The van der Waals surface area contributed by atoms with E-state index in [2.05, 4.69) is 10.1 Å². The topological polar surface area (TPSA) is 98.5 Å². The van der Waals surface area contributed by atoms with E-state index in [0.717, 1.165) is 19.1 Å². The molecule has 0 aliphatic carbocycles. The normalized spacial score (nSPS) is 12.3. The highest BCUT2D eigenvalue weighted by Crippen LogP contribution is 2.29. The second kappa shape index (κ2) is 7.61. The lowest BCUT2D eigenvalue weighted by Crippen LogP contribution is -2.47. The van der Waals surface area contributed by atoms with Crippen LogP contribution in [0.15, 0.2) is 24.3 Å². The summed E-state index contributed by atoms with van der Waals surface area (Å²) in [6.07, 6.45) is -4.54. The van der Waals surface area contributed by atoms with E-state index in [9.17, 15) is 27.6 Å². The molecule has 2 amide bonds. The summed E-state index contributed by atoms with van der Waals surface area (Å²) in [4.78, 5) is 33.4. The molecule has 0 aliphatic heterocycles. The van der Waals surface area contributed by atoms with Crippen molar-refractivity contribution in [3.05, 3.63) is 35.4 Å². The zero-order valence-electron chi connectivity index (χ0n) is 12.1. The van der Waals surface area contributed by atoms with E-state index in [1.54, 1.807) is 0 Å². The number of nitrogens with two attached hydrogens (primary N) is 1. The van der Waals surface area contributed by atoms with Crippen LogP contribution in [-0.2, 0) is 31.7 Å². The third kappa shape index (κ3) is 6.37. The quantitative estimate of drug-likeness (QED) is 0.752. The number of nitrogens with one attached hydrogen (secondary N) is 1. The van der Waals surface area contributed by atoms with Crippen LogP contribution in [0.4, 0.5) is 13.2 Å². The first-order chi connectivity index (χ1) is 10.6. The molecule has 1 atom stereocenters. The van der Waals surface area contributed by atoms with Gasteiger partial charge in [0.25, 0.3) is 5.91 Å². The molecule has 1 rings (SSSR count). The van der Waals surface area contributed by atoms with Gasteiger partial charge in [0.15, 0.2) is 6.61 Å². The van der Waals surface area contributed by atoms with Gasteiger partial charge in [-0.15, -0.1) is 0 Å². The van der Waals surface area contributed by atoms with Crippen LogP contribution in [-0.4, -0.2) is 30.4 Å². The number of hydrogen-bond donors (Lipinski definition) is 2. The number of amides is 2. The van der Waals surface area contributed by atoms with Crippen LogP contribution in [0.25, 0.3) is 0 Å². The van der Waals surface area contributed by atoms with Crippen molar-refractivity contribution >= 4 is 17.8 Å². The molecule has 0 spiro atoms. The molecule has 0 fully saturated rings. The van der Waals surface area contributed by atoms with Crippen molar-refractivity contribution in [3.8, 4) is 0 Å². The Balaban J connectivity index is 2.71. The molecular weight excluding hydrogens is 317 g/mol. The monoisotopic (exact) mass is 332 g/mol. The molecule has 126 valence electrons. The minimum absolute atomic E-state index is 0.0840. The Hall–Kier alpha value is -2.58. The van der Waals surface area contributed by atoms with E-state index < -0.39 is 42.2 Å². The van der Waals surface area contributed by atoms with Gasteiger partial charge in [-0.3, -0.25) is 14.4 Å². The van der Waals surface area contributed by atoms with Gasteiger partial charge in [-0.05, 0) is 17.7 Å². The minimum atomic E-state index is -4.46. The largest absolute Gasteiger partial charge is 0.456 e. The number of ether oxygens (including phenoxy) is 1. The summed E-state index contributed by atoms with van der Waals surface area (Å²) in [6, 6.07) is 2.99. The number of alkyl halides is 3. The van der Waals surface area contributed by atoms with Crippen molar-refractivity contribution in [2.75, 3.05) is 6.61 Å². The van der Waals surface area contributed by atoms with E-state index in [1.807, 2.05) is 0 Å². The third-order valence-electron chi connectivity index (χ3n) is 2.81. The number of carbonyl (C=O) groups is 3. The van der Waals surface area contributed by atoms with Gasteiger partial charge in [0.05, 0.1) is 5.56 Å². The van der Waals surface area contributed by atoms with Crippen molar-refractivity contribution < 1.29 is 32.3 Å². The third-order valence-corrected chi connectivity index (χ3v) is 2.81. The highest BCUT2D eigenvalue weighted by atomic mass is 19.4. The SMILES string of the molecule is CC(=O)OCC(=O)N[C@@H](Cc1ccc(C(F)(F)F)cc1)C(N)=O. The zero-order valence-corrected chi connectivity index (χ0v) is 12.1. The molecule has 0 bridgehead atoms. The first-order valence-electron chi connectivity index (χ1n) is 6.47. The Morgan fingerprint density at radius 1 is 1.22 bits per heavy atom. The average Bonchev–Trinajstić information content (AvgIpc) is 2.44. The molecule has 9 heteroatoms. The number of carbonyl (C=O) groups excluding carboxylic acids is 3. The highest BCUT2D eigenvalue weighted by Gasteiger charge is 2.30. The van der Waals surface area contributed by atoms with Crippen LogP contribution in [0.3, 0.4) is 0 Å². The van der Waals surface area contributed by atoms with Gasteiger partial charge in [-0.1, -0.05) is 12.1 Å². The predicted octanol–water partition coefficient (Wildman–Crippen LogP) is 0.781. The standard InChI is InChI=1S/C14H15F3N2O4/c1-8(20)23-7-12(21)19-11(13(18)22)6-9-2-4-10(5-3-9)14(15,16)17/h2-5,11H,6-7H2,1H3,(H2,18,22)(H,19,21)/t11-/m0/s1. The minimum Gasteiger partial charge on any atom is -0.456 e. The van der Waals surface area contributed by atoms with Gasteiger partial charge in [0, 0.05) is 13.3 Å². The van der Waals surface area contributed by atoms with Crippen LogP contribution < -0.4 is 11.1 Å². The summed E-state index contributed by atoms with van der Waals surface area (Å²) in [5.74, 6) is -2.27. The molecule has 0 unspecified atom stereocenters. The molecule has 0 aromatic heterocycles. The molecule has 23 heavy (non-hydrogen) atoms. The maximum Gasteiger partial charge on any atom is 0.416 e. The van der Waals surface area contributed by atoms with Gasteiger partial charge >= 0.3 is 12.1 Å². The smallest absolute Gasteiger partial charge is 0.416 e. The van der Waals surface area contributed by atoms with Gasteiger partial charge in [-0.25, -0.2) is 0 Å². The Morgan fingerprint density at radius 2 is 1.78 bits per heavy atom. The molecule has 0 heterocycles. The van der Waals surface area contributed by atoms with Gasteiger partial charge in [0.2, 0.25) is 5.91 Å². The second-order valence-corrected chi connectivity index (χ2v) is 4.70. The first kappa shape index (κ1) is 18.5. The number of benzene rings is 1. The molecule has 3 N–H and O–H groups in total. The van der Waals surface area contributed by atoms with E-state index in [0.29, 0.717) is 5.56 Å². The van der Waals surface area contributed by atoms with Crippen molar-refractivity contribution in [1.29, 1.82) is 0 Å². The van der Waals surface area contributed by atoms with Crippen molar-refractivity contribution in [3.63, 3.8) is 0 Å². The van der Waals surface area contributed by atoms with E-state index in [-0.39, 0.29) is 6.42 Å². The molecule has 1 aromatic carbocycles. The lowest BCUT2D eigenvalue weighted by Gasteiger charge is -2.16. The van der Waals surface area contributed by atoms with Crippen molar-refractivity contribution in [2.45, 2.75) is 25.6 Å². The summed E-state index contributed by atoms with van der Waals surface area (Å²) in [5.41, 5.74) is 4.71. The van der Waals surface area contributed by atoms with Crippen molar-refractivity contribution in [1.82, 2.24) is 5.32 Å². The fourth-order valence-corrected chi connectivity index (χ4v) is 1.69. The Kier molecular flexibility index (Phi) is 6.11. The number of esters is 1. The molecule has 1 aromatic rings. The summed E-state index contributed by atoms with van der Waals surface area (Å²) in [6.45, 7) is 0.535. The number of primary amides is 1. The number of rotatable bonds is 6. The van der Waals surface area contributed by atoms with Gasteiger partial charge in [-0.2, -0.15) is 13.2 Å². The van der Waals surface area contributed by atoms with E-state index in [1.165, 1.54) is 12.1 Å². The van der Waals surface area contributed by atoms with E-state index >= 15 is 0 Å². The fraction of sp³-hybridized carbons (Fsp3) is 0.357. The number of hydrogen-bond acceptors (Lipinski definition) is 4.